The van der Waals surface area contributed by atoms with Gasteiger partial charge in [0.25, 0.3) is 0 Å². The van der Waals surface area contributed by atoms with Crippen LogP contribution in [0.15, 0.2) is 60.7 Å². The molecule has 1 atom stereocenters. The molecule has 132 valence electrons. The normalized spacial score (nSPS) is 15.7. The molecule has 0 spiro atoms. The second-order valence-electron chi connectivity index (χ2n) is 6.60. The number of anilines is 1. The minimum absolute atomic E-state index is 0.106. The third-order valence-corrected chi connectivity index (χ3v) is 4.81. The zero-order valence-electron chi connectivity index (χ0n) is 14.9. The molecule has 0 aliphatic carbocycles. The van der Waals surface area contributed by atoms with Crippen LogP contribution < -0.4 is 10.2 Å². The maximum absolute atomic E-state index is 12.9. The molecule has 2 aromatic rings. The molecule has 1 saturated heterocycles. The molecule has 3 rings (SSSR count). The van der Waals surface area contributed by atoms with Crippen LogP contribution >= 0.6 is 0 Å². The SMILES string of the molecule is CN(CCNC(=O)C(c1ccccc1)N1CCCC1)c1ccccc1. The Morgan fingerprint density at radius 3 is 2.28 bits per heavy atom. The highest BCUT2D eigenvalue weighted by Gasteiger charge is 2.29. The number of nitrogens with zero attached hydrogens (tertiary/aromatic N) is 2. The van der Waals surface area contributed by atoms with Crippen LogP contribution in [0.1, 0.15) is 24.4 Å². The second kappa shape index (κ2) is 8.67. The van der Waals surface area contributed by atoms with Crippen LogP contribution in [0.3, 0.4) is 0 Å². The van der Waals surface area contributed by atoms with E-state index >= 15 is 0 Å². The molecule has 0 saturated carbocycles. The first kappa shape index (κ1) is 17.5. The van der Waals surface area contributed by atoms with Gasteiger partial charge in [-0.2, -0.15) is 0 Å². The number of benzene rings is 2. The van der Waals surface area contributed by atoms with Crippen molar-refractivity contribution in [3.63, 3.8) is 0 Å². The Balaban J connectivity index is 1.59. The van der Waals surface area contributed by atoms with E-state index in [2.05, 4.69) is 46.4 Å². The van der Waals surface area contributed by atoms with Crippen molar-refractivity contribution in [2.75, 3.05) is 38.1 Å². The average molecular weight is 337 g/mol. The first-order valence-electron chi connectivity index (χ1n) is 9.08. The number of hydrogen-bond acceptors (Lipinski definition) is 3. The predicted octanol–water partition coefficient (Wildman–Crippen LogP) is 3.08. The van der Waals surface area contributed by atoms with Gasteiger partial charge in [-0.15, -0.1) is 0 Å². The van der Waals surface area contributed by atoms with E-state index in [9.17, 15) is 4.79 Å². The quantitative estimate of drug-likeness (QED) is 0.843. The van der Waals surface area contributed by atoms with Crippen molar-refractivity contribution in [1.29, 1.82) is 0 Å². The number of nitrogens with one attached hydrogen (secondary N) is 1. The van der Waals surface area contributed by atoms with Gasteiger partial charge in [0.2, 0.25) is 5.91 Å². The van der Waals surface area contributed by atoms with Crippen LogP contribution in [0.2, 0.25) is 0 Å². The summed E-state index contributed by atoms with van der Waals surface area (Å²) in [5, 5.41) is 3.14. The maximum atomic E-state index is 12.9. The molecule has 4 nitrogen and oxygen atoms in total. The van der Waals surface area contributed by atoms with Gasteiger partial charge in [-0.05, 0) is 43.6 Å². The van der Waals surface area contributed by atoms with Crippen LogP contribution in [-0.4, -0.2) is 44.0 Å². The Hall–Kier alpha value is -2.33. The fraction of sp³-hybridized carbons (Fsp3) is 0.381. The first-order valence-corrected chi connectivity index (χ1v) is 9.08. The predicted molar refractivity (Wildman–Crippen MR) is 103 cm³/mol. The van der Waals surface area contributed by atoms with E-state index in [0.717, 1.165) is 30.9 Å². The molecule has 0 radical (unpaired) electrons. The highest BCUT2D eigenvalue weighted by Crippen LogP contribution is 2.25. The lowest BCUT2D eigenvalue weighted by Gasteiger charge is -2.27. The van der Waals surface area contributed by atoms with E-state index in [1.54, 1.807) is 0 Å². The van der Waals surface area contributed by atoms with Gasteiger partial charge in [0.15, 0.2) is 0 Å². The second-order valence-corrected chi connectivity index (χ2v) is 6.60. The Labute approximate surface area is 150 Å². The summed E-state index contributed by atoms with van der Waals surface area (Å²) in [4.78, 5) is 17.3. The number of carbonyl (C=O) groups excluding carboxylic acids is 1. The molecule has 0 bridgehead atoms. The third-order valence-electron chi connectivity index (χ3n) is 4.81. The number of likely N-dealkylation sites (tertiary alicyclic amines) is 1. The van der Waals surface area contributed by atoms with Gasteiger partial charge in [-0.1, -0.05) is 48.5 Å². The van der Waals surface area contributed by atoms with Crippen LogP contribution in [0.5, 0.6) is 0 Å². The minimum Gasteiger partial charge on any atom is -0.373 e. The van der Waals surface area contributed by atoms with E-state index in [0.29, 0.717) is 6.54 Å². The van der Waals surface area contributed by atoms with Crippen LogP contribution in [0, 0.1) is 0 Å². The van der Waals surface area contributed by atoms with E-state index in [1.165, 1.54) is 12.8 Å². The standard InChI is InChI=1S/C21H27N3O/c1-23(19-12-6-3-7-13-19)17-14-22-21(25)20(24-15-8-9-16-24)18-10-4-2-5-11-18/h2-7,10-13,20H,8-9,14-17H2,1H3,(H,22,25). The lowest BCUT2D eigenvalue weighted by Crippen LogP contribution is -2.41. The zero-order chi connectivity index (χ0) is 17.5. The number of hydrogen-bond donors (Lipinski definition) is 1. The van der Waals surface area contributed by atoms with Crippen LogP contribution in [0.4, 0.5) is 5.69 Å². The molecule has 1 heterocycles. The van der Waals surface area contributed by atoms with E-state index < -0.39 is 0 Å². The summed E-state index contributed by atoms with van der Waals surface area (Å²) >= 11 is 0. The molecule has 1 fully saturated rings. The molecule has 1 aliphatic rings. The van der Waals surface area contributed by atoms with Crippen LogP contribution in [-0.2, 0) is 4.79 Å². The Kier molecular flexibility index (Phi) is 6.07. The van der Waals surface area contributed by atoms with Crippen molar-refractivity contribution in [2.45, 2.75) is 18.9 Å². The fourth-order valence-corrected chi connectivity index (χ4v) is 3.42. The summed E-state index contributed by atoms with van der Waals surface area (Å²) in [6.45, 7) is 3.42. The summed E-state index contributed by atoms with van der Waals surface area (Å²) in [7, 11) is 2.05. The molecule has 25 heavy (non-hydrogen) atoms. The van der Waals surface area contributed by atoms with Gasteiger partial charge in [-0.25, -0.2) is 0 Å². The summed E-state index contributed by atoms with van der Waals surface area (Å²) < 4.78 is 0. The number of para-hydroxylation sites is 1. The highest BCUT2D eigenvalue weighted by molar-refractivity contribution is 5.83. The largest absolute Gasteiger partial charge is 0.373 e. The zero-order valence-corrected chi connectivity index (χ0v) is 14.9. The topological polar surface area (TPSA) is 35.6 Å². The van der Waals surface area contributed by atoms with Crippen molar-refractivity contribution in [3.8, 4) is 0 Å². The number of rotatable bonds is 7. The molecular formula is C21H27N3O. The van der Waals surface area contributed by atoms with Gasteiger partial charge in [0.05, 0.1) is 0 Å². The van der Waals surface area contributed by atoms with Crippen molar-refractivity contribution in [3.05, 3.63) is 66.2 Å². The Morgan fingerprint density at radius 1 is 1.04 bits per heavy atom. The molecule has 1 N–H and O–H groups in total. The van der Waals surface area contributed by atoms with E-state index in [4.69, 9.17) is 0 Å². The van der Waals surface area contributed by atoms with Gasteiger partial charge in [-0.3, -0.25) is 9.69 Å². The van der Waals surface area contributed by atoms with Crippen molar-refractivity contribution < 1.29 is 4.79 Å². The summed E-state index contributed by atoms with van der Waals surface area (Å²) in [6.07, 6.45) is 2.35. The molecule has 1 unspecified atom stereocenters. The minimum atomic E-state index is -0.175. The summed E-state index contributed by atoms with van der Waals surface area (Å²) in [6, 6.07) is 20.2. The van der Waals surface area contributed by atoms with Crippen molar-refractivity contribution in [2.24, 2.45) is 0 Å². The smallest absolute Gasteiger partial charge is 0.242 e. The number of amides is 1. The molecule has 0 aromatic heterocycles. The first-order chi connectivity index (χ1) is 12.3. The van der Waals surface area contributed by atoms with Crippen LogP contribution in [0.25, 0.3) is 0 Å². The maximum Gasteiger partial charge on any atom is 0.242 e. The third kappa shape index (κ3) is 4.60. The molecular weight excluding hydrogens is 310 g/mol. The molecule has 2 aromatic carbocycles. The average Bonchev–Trinajstić information content (AvgIpc) is 3.17. The molecule has 1 amide bonds. The van der Waals surface area contributed by atoms with Gasteiger partial charge >= 0.3 is 0 Å². The Morgan fingerprint density at radius 2 is 1.64 bits per heavy atom. The monoisotopic (exact) mass is 337 g/mol. The lowest BCUT2D eigenvalue weighted by atomic mass is 10.0. The summed E-state index contributed by atoms with van der Waals surface area (Å²) in [5.41, 5.74) is 2.24. The van der Waals surface area contributed by atoms with Gasteiger partial charge < -0.3 is 10.2 Å². The van der Waals surface area contributed by atoms with Crippen molar-refractivity contribution >= 4 is 11.6 Å². The fourth-order valence-electron chi connectivity index (χ4n) is 3.42. The number of carbonyl (C=O) groups is 1. The van der Waals surface area contributed by atoms with Crippen molar-refractivity contribution in [1.82, 2.24) is 10.2 Å². The van der Waals surface area contributed by atoms with E-state index in [1.807, 2.05) is 36.4 Å². The number of likely N-dealkylation sites (N-methyl/N-ethyl adjacent to an activating group) is 1. The summed E-state index contributed by atoms with van der Waals surface area (Å²) in [5.74, 6) is 0.106. The lowest BCUT2D eigenvalue weighted by molar-refractivity contribution is -0.126. The van der Waals surface area contributed by atoms with Gasteiger partial charge in [0.1, 0.15) is 6.04 Å². The van der Waals surface area contributed by atoms with Gasteiger partial charge in [0, 0.05) is 25.8 Å². The van der Waals surface area contributed by atoms with E-state index in [-0.39, 0.29) is 11.9 Å². The molecule has 1 aliphatic heterocycles. The Bertz CT molecular complexity index is 653. The highest BCUT2D eigenvalue weighted by atomic mass is 16.2. The molecule has 4 heteroatoms.